The molecule has 0 aliphatic heterocycles. The second-order valence-corrected chi connectivity index (χ2v) is 5.87. The molecule has 0 saturated heterocycles. The monoisotopic (exact) mass is 329 g/mol. The van der Waals surface area contributed by atoms with Gasteiger partial charge < -0.3 is 15.0 Å². The van der Waals surface area contributed by atoms with Crippen molar-refractivity contribution in [1.82, 2.24) is 9.97 Å². The van der Waals surface area contributed by atoms with Crippen molar-refractivity contribution in [2.75, 3.05) is 5.32 Å². The Kier molecular flexibility index (Phi) is 4.33. The van der Waals surface area contributed by atoms with E-state index < -0.39 is 0 Å². The fraction of sp³-hybridized carbons (Fsp3) is 0.0952. The minimum Gasteiger partial charge on any atom is -0.489 e. The molecule has 4 nitrogen and oxygen atoms in total. The molecule has 0 unspecified atom stereocenters. The van der Waals surface area contributed by atoms with Gasteiger partial charge in [0.25, 0.3) is 0 Å². The van der Waals surface area contributed by atoms with Gasteiger partial charge in [-0.25, -0.2) is 4.98 Å². The number of rotatable bonds is 6. The molecule has 3 aromatic carbocycles. The molecule has 1 aromatic heterocycles. The van der Waals surface area contributed by atoms with Crippen LogP contribution in [0.3, 0.4) is 0 Å². The molecule has 0 spiro atoms. The normalized spacial score (nSPS) is 10.7. The number of fused-ring (bicyclic) bond motifs is 1. The molecule has 4 heteroatoms. The Labute approximate surface area is 146 Å². The summed E-state index contributed by atoms with van der Waals surface area (Å²) in [6.45, 7) is 1.27. The summed E-state index contributed by atoms with van der Waals surface area (Å²) in [5.74, 6) is 0.904. The van der Waals surface area contributed by atoms with Crippen LogP contribution < -0.4 is 10.1 Å². The maximum absolute atomic E-state index is 6.01. The fourth-order valence-corrected chi connectivity index (χ4v) is 2.77. The highest BCUT2D eigenvalue weighted by Crippen LogP contribution is 2.22. The molecule has 2 N–H and O–H groups in total. The molecule has 0 aliphatic rings. The van der Waals surface area contributed by atoms with E-state index in [-0.39, 0.29) is 0 Å². The summed E-state index contributed by atoms with van der Waals surface area (Å²) >= 11 is 0. The Morgan fingerprint density at radius 3 is 2.68 bits per heavy atom. The third kappa shape index (κ3) is 3.63. The maximum atomic E-state index is 6.01. The lowest BCUT2D eigenvalue weighted by atomic mass is 10.2. The molecule has 4 aromatic rings. The van der Waals surface area contributed by atoms with Crippen molar-refractivity contribution in [2.24, 2.45) is 0 Å². The van der Waals surface area contributed by atoms with Crippen molar-refractivity contribution < 1.29 is 4.74 Å². The number of nitrogens with zero attached hydrogens (tertiary/aromatic N) is 1. The molecule has 0 atom stereocenters. The maximum Gasteiger partial charge on any atom is 0.124 e. The van der Waals surface area contributed by atoms with Crippen molar-refractivity contribution in [2.45, 2.75) is 13.2 Å². The van der Waals surface area contributed by atoms with E-state index in [0.29, 0.717) is 13.2 Å². The number of hydrogen-bond donors (Lipinski definition) is 2. The zero-order valence-electron chi connectivity index (χ0n) is 13.8. The topological polar surface area (TPSA) is 49.9 Å². The van der Waals surface area contributed by atoms with Crippen molar-refractivity contribution >= 4 is 16.7 Å². The fourth-order valence-electron chi connectivity index (χ4n) is 2.77. The third-order valence-electron chi connectivity index (χ3n) is 4.11. The van der Waals surface area contributed by atoms with Crippen LogP contribution in [-0.2, 0) is 13.2 Å². The predicted molar refractivity (Wildman–Crippen MR) is 101 cm³/mol. The van der Waals surface area contributed by atoms with Crippen LogP contribution in [0.25, 0.3) is 11.0 Å². The van der Waals surface area contributed by atoms with E-state index in [0.717, 1.165) is 33.6 Å². The number of anilines is 1. The number of nitrogens with one attached hydrogen (secondary N) is 2. The van der Waals surface area contributed by atoms with Gasteiger partial charge >= 0.3 is 0 Å². The summed E-state index contributed by atoms with van der Waals surface area (Å²) in [7, 11) is 0. The highest BCUT2D eigenvalue weighted by molar-refractivity contribution is 5.78. The molecule has 4 rings (SSSR count). The number of benzene rings is 3. The SMILES string of the molecule is c1ccc(COc2ccccc2CNc2ccc3nc[nH]c3c2)cc1. The van der Waals surface area contributed by atoms with Crippen molar-refractivity contribution in [1.29, 1.82) is 0 Å². The second kappa shape index (κ2) is 7.09. The average Bonchev–Trinajstić information content (AvgIpc) is 3.14. The lowest BCUT2D eigenvalue weighted by Gasteiger charge is -2.13. The molecular formula is C21H19N3O. The number of H-pyrrole nitrogens is 1. The van der Waals surface area contributed by atoms with E-state index in [9.17, 15) is 0 Å². The van der Waals surface area contributed by atoms with Crippen molar-refractivity contribution in [3.05, 3.63) is 90.3 Å². The zero-order valence-corrected chi connectivity index (χ0v) is 13.8. The number of aromatic amines is 1. The Hall–Kier alpha value is -3.27. The number of imidazole rings is 1. The van der Waals surface area contributed by atoms with E-state index in [4.69, 9.17) is 4.74 Å². The molecule has 0 radical (unpaired) electrons. The number of hydrogen-bond acceptors (Lipinski definition) is 3. The second-order valence-electron chi connectivity index (χ2n) is 5.87. The van der Waals surface area contributed by atoms with Crippen molar-refractivity contribution in [3.63, 3.8) is 0 Å². The lowest BCUT2D eigenvalue weighted by Crippen LogP contribution is -2.03. The molecule has 124 valence electrons. The number of ether oxygens (including phenoxy) is 1. The summed E-state index contributed by atoms with van der Waals surface area (Å²) in [6.07, 6.45) is 1.71. The highest BCUT2D eigenvalue weighted by atomic mass is 16.5. The van der Waals surface area contributed by atoms with Gasteiger partial charge in [-0.1, -0.05) is 48.5 Å². The quantitative estimate of drug-likeness (QED) is 0.536. The smallest absolute Gasteiger partial charge is 0.124 e. The van der Waals surface area contributed by atoms with E-state index in [1.54, 1.807) is 6.33 Å². The summed E-state index contributed by atoms with van der Waals surface area (Å²) in [4.78, 5) is 7.37. The van der Waals surface area contributed by atoms with Crippen LogP contribution in [0.15, 0.2) is 79.1 Å². The van der Waals surface area contributed by atoms with E-state index >= 15 is 0 Å². The van der Waals surface area contributed by atoms with Gasteiger partial charge in [0.15, 0.2) is 0 Å². The number of para-hydroxylation sites is 1. The standard InChI is InChI=1S/C21H19N3O/c1-2-6-16(7-3-1)14-25-21-9-5-4-8-17(21)13-22-18-10-11-19-20(12-18)24-15-23-19/h1-12,15,22H,13-14H2,(H,23,24). The first-order valence-electron chi connectivity index (χ1n) is 8.30. The third-order valence-corrected chi connectivity index (χ3v) is 4.11. The molecule has 0 aliphatic carbocycles. The van der Waals surface area contributed by atoms with Crippen LogP contribution in [0.2, 0.25) is 0 Å². The van der Waals surface area contributed by atoms with Crippen LogP contribution in [0, 0.1) is 0 Å². The van der Waals surface area contributed by atoms with Crippen LogP contribution >= 0.6 is 0 Å². The molecular weight excluding hydrogens is 310 g/mol. The Balaban J connectivity index is 1.45. The minimum atomic E-state index is 0.567. The van der Waals surface area contributed by atoms with Gasteiger partial charge in [0.05, 0.1) is 17.4 Å². The average molecular weight is 329 g/mol. The molecule has 0 amide bonds. The minimum absolute atomic E-state index is 0.567. The summed E-state index contributed by atoms with van der Waals surface area (Å²) in [5.41, 5.74) is 5.34. The molecule has 0 saturated carbocycles. The van der Waals surface area contributed by atoms with E-state index in [1.165, 1.54) is 0 Å². The van der Waals surface area contributed by atoms with Gasteiger partial charge in [0.2, 0.25) is 0 Å². The van der Waals surface area contributed by atoms with Crippen LogP contribution in [0.1, 0.15) is 11.1 Å². The first-order chi connectivity index (χ1) is 12.4. The lowest BCUT2D eigenvalue weighted by molar-refractivity contribution is 0.303. The van der Waals surface area contributed by atoms with Gasteiger partial charge in [-0.05, 0) is 29.8 Å². The van der Waals surface area contributed by atoms with E-state index in [1.807, 2.05) is 48.5 Å². The Morgan fingerprint density at radius 2 is 1.76 bits per heavy atom. The van der Waals surface area contributed by atoms with E-state index in [2.05, 4.69) is 39.6 Å². The number of aromatic nitrogens is 2. The first kappa shape index (κ1) is 15.3. The Morgan fingerprint density at radius 1 is 0.920 bits per heavy atom. The molecule has 25 heavy (non-hydrogen) atoms. The first-order valence-corrected chi connectivity index (χ1v) is 8.30. The van der Waals surface area contributed by atoms with Gasteiger partial charge in [-0.15, -0.1) is 0 Å². The summed E-state index contributed by atoms with van der Waals surface area (Å²) < 4.78 is 6.01. The van der Waals surface area contributed by atoms with Crippen LogP contribution in [0.5, 0.6) is 5.75 Å². The van der Waals surface area contributed by atoms with Gasteiger partial charge in [0.1, 0.15) is 12.4 Å². The predicted octanol–water partition coefficient (Wildman–Crippen LogP) is 4.75. The zero-order chi connectivity index (χ0) is 16.9. The highest BCUT2D eigenvalue weighted by Gasteiger charge is 2.04. The van der Waals surface area contributed by atoms with Crippen molar-refractivity contribution in [3.8, 4) is 5.75 Å². The van der Waals surface area contributed by atoms with Gasteiger partial charge in [-0.2, -0.15) is 0 Å². The molecule has 0 fully saturated rings. The van der Waals surface area contributed by atoms with Crippen LogP contribution in [0.4, 0.5) is 5.69 Å². The van der Waals surface area contributed by atoms with Crippen LogP contribution in [-0.4, -0.2) is 9.97 Å². The van der Waals surface area contributed by atoms with Gasteiger partial charge in [-0.3, -0.25) is 0 Å². The Bertz CT molecular complexity index is 963. The summed E-state index contributed by atoms with van der Waals surface area (Å²) in [6, 6.07) is 24.4. The van der Waals surface area contributed by atoms with Gasteiger partial charge in [0, 0.05) is 17.8 Å². The largest absolute Gasteiger partial charge is 0.489 e. The molecule has 1 heterocycles. The summed E-state index contributed by atoms with van der Waals surface area (Å²) in [5, 5.41) is 3.45. The molecule has 0 bridgehead atoms.